The molecule has 0 spiro atoms. The molecule has 0 aromatic heterocycles. The molecule has 0 saturated heterocycles. The molecule has 0 unspecified atom stereocenters. The fraction of sp³-hybridized carbons (Fsp3) is 0.250. The number of ether oxygens (including phenoxy) is 1. The number of nitrogen functional groups attached to an aromatic ring is 1. The molecule has 2 rings (SSSR count). The first-order valence-electron chi connectivity index (χ1n) is 6.31. The molecule has 0 aliphatic heterocycles. The Morgan fingerprint density at radius 1 is 1.05 bits per heavy atom. The van der Waals surface area contributed by atoms with Gasteiger partial charge in [-0.2, -0.15) is 0 Å². The van der Waals surface area contributed by atoms with Crippen LogP contribution in [0.25, 0.3) is 0 Å². The molecular weight excluding hydrogens is 349 g/mol. The van der Waals surface area contributed by atoms with Crippen molar-refractivity contribution >= 4 is 28.3 Å². The van der Waals surface area contributed by atoms with Gasteiger partial charge in [-0.25, -0.2) is 0 Å². The van der Waals surface area contributed by atoms with Crippen LogP contribution in [0.3, 0.4) is 0 Å². The van der Waals surface area contributed by atoms with Crippen LogP contribution in [-0.4, -0.2) is 0 Å². The molecule has 0 aliphatic carbocycles. The van der Waals surface area contributed by atoms with Crippen molar-refractivity contribution in [2.75, 3.05) is 5.73 Å². The van der Waals surface area contributed by atoms with E-state index in [0.29, 0.717) is 17.4 Å². The Balaban J connectivity index is 2.34. The Kier molecular flexibility index (Phi) is 4.34. The molecule has 2 aromatic carbocycles. The molecule has 0 atom stereocenters. The van der Waals surface area contributed by atoms with Crippen LogP contribution in [0.15, 0.2) is 36.4 Å². The first-order chi connectivity index (χ1) is 8.97. The summed E-state index contributed by atoms with van der Waals surface area (Å²) in [6.45, 7) is 6.39. The molecule has 0 fully saturated rings. The zero-order chi connectivity index (χ0) is 14.0. The summed E-state index contributed by atoms with van der Waals surface area (Å²) in [5.74, 6) is 2.07. The first kappa shape index (κ1) is 14.2. The molecule has 100 valence electrons. The Morgan fingerprint density at radius 2 is 1.79 bits per heavy atom. The van der Waals surface area contributed by atoms with Crippen molar-refractivity contribution in [1.29, 1.82) is 0 Å². The van der Waals surface area contributed by atoms with Crippen LogP contribution in [0.5, 0.6) is 11.5 Å². The van der Waals surface area contributed by atoms with Crippen LogP contribution < -0.4 is 10.5 Å². The van der Waals surface area contributed by atoms with Gasteiger partial charge in [-0.3, -0.25) is 0 Å². The maximum absolute atomic E-state index is 5.99. The van der Waals surface area contributed by atoms with Crippen LogP contribution in [0.2, 0.25) is 0 Å². The smallest absolute Gasteiger partial charge is 0.150 e. The number of hydrogen-bond acceptors (Lipinski definition) is 2. The van der Waals surface area contributed by atoms with Gasteiger partial charge in [0, 0.05) is 3.57 Å². The molecule has 0 radical (unpaired) electrons. The van der Waals surface area contributed by atoms with E-state index in [1.165, 1.54) is 5.56 Å². The van der Waals surface area contributed by atoms with Crippen LogP contribution in [0.4, 0.5) is 5.69 Å². The van der Waals surface area contributed by atoms with E-state index < -0.39 is 0 Å². The van der Waals surface area contributed by atoms with Gasteiger partial charge in [0.25, 0.3) is 0 Å². The van der Waals surface area contributed by atoms with E-state index in [9.17, 15) is 0 Å². The van der Waals surface area contributed by atoms with Crippen molar-refractivity contribution in [3.63, 3.8) is 0 Å². The molecular formula is C16H18INO. The van der Waals surface area contributed by atoms with Gasteiger partial charge in [0.15, 0.2) is 0 Å². The minimum Gasteiger partial charge on any atom is -0.455 e. The predicted molar refractivity (Wildman–Crippen MR) is 88.9 cm³/mol. The van der Waals surface area contributed by atoms with Crippen molar-refractivity contribution in [2.24, 2.45) is 0 Å². The minimum absolute atomic E-state index is 0.483. The lowest BCUT2D eigenvalue weighted by atomic mass is 10.0. The van der Waals surface area contributed by atoms with Crippen LogP contribution in [0, 0.1) is 10.5 Å². The van der Waals surface area contributed by atoms with Crippen LogP contribution in [-0.2, 0) is 0 Å². The van der Waals surface area contributed by atoms with Gasteiger partial charge in [-0.15, -0.1) is 0 Å². The second-order valence-electron chi connectivity index (χ2n) is 4.96. The van der Waals surface area contributed by atoms with Gasteiger partial charge in [0.05, 0.1) is 5.69 Å². The molecule has 2 N–H and O–H groups in total. The van der Waals surface area contributed by atoms with Crippen molar-refractivity contribution in [3.8, 4) is 11.5 Å². The Bertz CT molecular complexity index is 593. The summed E-state index contributed by atoms with van der Waals surface area (Å²) in [6, 6.07) is 12.2. The van der Waals surface area contributed by atoms with E-state index in [4.69, 9.17) is 10.5 Å². The molecule has 2 aromatic rings. The topological polar surface area (TPSA) is 35.2 Å². The van der Waals surface area contributed by atoms with E-state index in [-0.39, 0.29) is 0 Å². The number of rotatable bonds is 3. The number of nitrogens with two attached hydrogens (primary N) is 1. The van der Waals surface area contributed by atoms with E-state index in [1.807, 2.05) is 25.1 Å². The third-order valence-electron chi connectivity index (χ3n) is 3.07. The summed E-state index contributed by atoms with van der Waals surface area (Å²) < 4.78 is 7.06. The van der Waals surface area contributed by atoms with Crippen molar-refractivity contribution in [3.05, 3.63) is 51.1 Å². The van der Waals surface area contributed by atoms with Gasteiger partial charge >= 0.3 is 0 Å². The zero-order valence-electron chi connectivity index (χ0n) is 11.4. The maximum Gasteiger partial charge on any atom is 0.150 e. The summed E-state index contributed by atoms with van der Waals surface area (Å²) >= 11 is 2.24. The lowest BCUT2D eigenvalue weighted by Gasteiger charge is -2.14. The molecule has 3 heteroatoms. The fourth-order valence-electron chi connectivity index (χ4n) is 1.82. The molecule has 0 amide bonds. The van der Waals surface area contributed by atoms with Crippen molar-refractivity contribution in [2.45, 2.75) is 26.7 Å². The normalized spacial score (nSPS) is 10.8. The highest BCUT2D eigenvalue weighted by Crippen LogP contribution is 2.32. The Labute approximate surface area is 128 Å². The summed E-state index contributed by atoms with van der Waals surface area (Å²) in [5, 5.41) is 0. The van der Waals surface area contributed by atoms with Crippen molar-refractivity contribution < 1.29 is 4.74 Å². The molecule has 0 heterocycles. The first-order valence-corrected chi connectivity index (χ1v) is 7.38. The summed E-state index contributed by atoms with van der Waals surface area (Å²) in [6.07, 6.45) is 0. The monoisotopic (exact) mass is 367 g/mol. The van der Waals surface area contributed by atoms with Gasteiger partial charge in [0.2, 0.25) is 0 Å². The van der Waals surface area contributed by atoms with Crippen molar-refractivity contribution in [1.82, 2.24) is 0 Å². The summed E-state index contributed by atoms with van der Waals surface area (Å²) in [7, 11) is 0. The van der Waals surface area contributed by atoms with Crippen LogP contribution >= 0.6 is 22.6 Å². The fourth-order valence-corrected chi connectivity index (χ4v) is 2.33. The van der Waals surface area contributed by atoms with E-state index >= 15 is 0 Å². The second-order valence-corrected chi connectivity index (χ2v) is 6.21. The molecule has 0 bridgehead atoms. The van der Waals surface area contributed by atoms with Gasteiger partial charge in [0.1, 0.15) is 11.5 Å². The third-order valence-corrected chi connectivity index (χ3v) is 3.74. The summed E-state index contributed by atoms with van der Waals surface area (Å²) in [5.41, 5.74) is 9.04. The number of halogens is 1. The minimum atomic E-state index is 0.483. The highest BCUT2D eigenvalue weighted by molar-refractivity contribution is 14.1. The Hall–Kier alpha value is -1.23. The van der Waals surface area contributed by atoms with Gasteiger partial charge in [-0.1, -0.05) is 26.0 Å². The van der Waals surface area contributed by atoms with Crippen LogP contribution in [0.1, 0.15) is 30.9 Å². The lowest BCUT2D eigenvalue weighted by molar-refractivity contribution is 0.480. The van der Waals surface area contributed by atoms with Gasteiger partial charge in [-0.05, 0) is 70.8 Å². The average molecular weight is 367 g/mol. The largest absolute Gasteiger partial charge is 0.455 e. The highest BCUT2D eigenvalue weighted by atomic mass is 127. The number of anilines is 1. The third kappa shape index (κ3) is 3.41. The average Bonchev–Trinajstić information content (AvgIpc) is 2.34. The number of aryl methyl sites for hydroxylation is 1. The zero-order valence-corrected chi connectivity index (χ0v) is 13.6. The quantitative estimate of drug-likeness (QED) is 0.605. The molecule has 2 nitrogen and oxygen atoms in total. The standard InChI is InChI=1S/C16H18INO/c1-10(2)12-5-4-11(3)16(8-12)19-15-7-6-13(17)9-14(15)18/h4-10H,18H2,1-3H3. The second kappa shape index (κ2) is 5.82. The Morgan fingerprint density at radius 3 is 2.42 bits per heavy atom. The van der Waals surface area contributed by atoms with E-state index in [2.05, 4.69) is 54.6 Å². The SMILES string of the molecule is Cc1ccc(C(C)C)cc1Oc1ccc(I)cc1N. The number of benzene rings is 2. The molecule has 0 aliphatic rings. The van der Waals surface area contributed by atoms with E-state index in [0.717, 1.165) is 14.9 Å². The summed E-state index contributed by atoms with van der Waals surface area (Å²) in [4.78, 5) is 0. The highest BCUT2D eigenvalue weighted by Gasteiger charge is 2.08. The molecule has 19 heavy (non-hydrogen) atoms. The maximum atomic E-state index is 5.99. The predicted octanol–water partition coefficient (Wildman–Crippen LogP) is 5.10. The lowest BCUT2D eigenvalue weighted by Crippen LogP contribution is -1.96. The van der Waals surface area contributed by atoms with Gasteiger partial charge < -0.3 is 10.5 Å². The number of hydrogen-bond donors (Lipinski definition) is 1. The van der Waals surface area contributed by atoms with E-state index in [1.54, 1.807) is 0 Å². The molecule has 0 saturated carbocycles.